The zero-order valence-electron chi connectivity index (χ0n) is 27.7. The number of ether oxygens (including phenoxy) is 2. The number of aliphatic hydroxyl groups excluding tert-OH is 1. The first-order valence-electron chi connectivity index (χ1n) is 16.2. The number of hydrazine groups is 1. The van der Waals surface area contributed by atoms with Gasteiger partial charge in [-0.25, -0.2) is 20.4 Å². The maximum Gasteiger partial charge on any atom is 0.415 e. The number of nitrogens with one attached hydrogen (secondary N) is 1. The lowest BCUT2D eigenvalue weighted by Crippen LogP contribution is -2.59. The van der Waals surface area contributed by atoms with Gasteiger partial charge in [0.2, 0.25) is 0 Å². The van der Waals surface area contributed by atoms with Gasteiger partial charge in [0.25, 0.3) is 11.8 Å². The quantitative estimate of drug-likeness (QED) is 0.283. The first-order chi connectivity index (χ1) is 23.7. The maximum absolute atomic E-state index is 13.2. The lowest BCUT2D eigenvalue weighted by atomic mass is 9.90. The number of primary amides is 1. The molecule has 1 saturated heterocycles. The molecule has 3 atom stereocenters. The highest BCUT2D eigenvalue weighted by Crippen LogP contribution is 2.43. The predicted molar refractivity (Wildman–Crippen MR) is 177 cm³/mol. The van der Waals surface area contributed by atoms with E-state index in [-0.39, 0.29) is 56.2 Å². The van der Waals surface area contributed by atoms with Gasteiger partial charge in [0.05, 0.1) is 40.7 Å². The molecule has 1 fully saturated rings. The van der Waals surface area contributed by atoms with Crippen molar-refractivity contribution in [3.05, 3.63) is 58.3 Å². The number of aliphatic hydroxyl groups is 1. The zero-order valence-corrected chi connectivity index (χ0v) is 28.5. The van der Waals surface area contributed by atoms with E-state index in [0.29, 0.717) is 63.3 Å². The van der Waals surface area contributed by atoms with Crippen molar-refractivity contribution in [2.45, 2.75) is 64.2 Å². The summed E-state index contributed by atoms with van der Waals surface area (Å²) in [7, 11) is 1.50. The number of amides is 2. The van der Waals surface area contributed by atoms with Gasteiger partial charge in [-0.1, -0.05) is 31.5 Å². The molecule has 3 aromatic rings. The molecule has 3 aliphatic heterocycles. The fourth-order valence-electron chi connectivity index (χ4n) is 6.76. The molecule has 3 aliphatic rings. The first-order valence-corrected chi connectivity index (χ1v) is 16.5. The van der Waals surface area contributed by atoms with Crippen molar-refractivity contribution in [2.75, 3.05) is 43.3 Å². The molecule has 13 nitrogen and oxygen atoms in total. The highest BCUT2D eigenvalue weighted by Gasteiger charge is 2.43. The average molecular weight is 719 g/mol. The van der Waals surface area contributed by atoms with E-state index in [2.05, 4.69) is 15.4 Å². The van der Waals surface area contributed by atoms with Crippen molar-refractivity contribution >= 4 is 34.9 Å². The SMILES string of the molecule is COC1CN(CC(O)C(F)(F)F)CCC1N1NCc2c1nc(CC(C)C)c(C(N)=O)c2-c1ccc2c(c1)OCC(=O)N2Cc1ncc(Cl)cn1. The smallest absolute Gasteiger partial charge is 0.415 e. The van der Waals surface area contributed by atoms with E-state index in [1.807, 2.05) is 18.9 Å². The maximum atomic E-state index is 13.2. The second kappa shape index (κ2) is 14.3. The number of alkyl halides is 3. The van der Waals surface area contributed by atoms with Gasteiger partial charge in [-0.05, 0) is 36.5 Å². The van der Waals surface area contributed by atoms with Crippen LogP contribution in [0.4, 0.5) is 24.7 Å². The van der Waals surface area contributed by atoms with Gasteiger partial charge in [0, 0.05) is 56.8 Å². The van der Waals surface area contributed by atoms with Crippen molar-refractivity contribution in [1.29, 1.82) is 0 Å². The van der Waals surface area contributed by atoms with Crippen LogP contribution < -0.4 is 25.8 Å². The van der Waals surface area contributed by atoms with Crippen LogP contribution in [0.3, 0.4) is 0 Å². The number of pyridine rings is 1. The summed E-state index contributed by atoms with van der Waals surface area (Å²) in [5.41, 5.74) is 12.6. The van der Waals surface area contributed by atoms with Gasteiger partial charge in [0.1, 0.15) is 17.4 Å². The first kappa shape index (κ1) is 35.7. The normalized spacial score (nSPS) is 20.1. The molecule has 4 N–H and O–H groups in total. The summed E-state index contributed by atoms with van der Waals surface area (Å²) in [6.07, 6.45) is -3.94. The van der Waals surface area contributed by atoms with E-state index < -0.39 is 30.8 Å². The van der Waals surface area contributed by atoms with Crippen LogP contribution >= 0.6 is 11.6 Å². The number of nitrogens with zero attached hydrogens (tertiary/aromatic N) is 6. The van der Waals surface area contributed by atoms with Crippen molar-refractivity contribution in [3.63, 3.8) is 0 Å². The summed E-state index contributed by atoms with van der Waals surface area (Å²) < 4.78 is 50.9. The van der Waals surface area contributed by atoms with Crippen molar-refractivity contribution in [3.8, 4) is 16.9 Å². The Morgan fingerprint density at radius 1 is 1.26 bits per heavy atom. The average Bonchev–Trinajstić information content (AvgIpc) is 3.48. The molecule has 0 spiro atoms. The van der Waals surface area contributed by atoms with Gasteiger partial charge in [-0.3, -0.25) is 24.4 Å². The Morgan fingerprint density at radius 3 is 2.66 bits per heavy atom. The molecule has 0 aliphatic carbocycles. The number of rotatable bonds is 10. The molecule has 0 bridgehead atoms. The molecule has 2 amide bonds. The standard InChI is InChI=1S/C33H38ClF3N8O5/c1-17(2)8-21-30(31(38)48)29(18-4-5-22-24(9-18)50-16-28(47)44(22)15-27-39-10-19(34)11-40-27)20-12-41-45(32(20)42-21)23-6-7-43(13-25(23)49-3)14-26(46)33(35,36)37/h4-5,9-11,17,23,25-26,41,46H,6-8,12-16H2,1-3H3,(H2,38,48). The number of β-amino-alcohol motifs (C(OH)–C–C–N with tert-alkyl or cyclic N) is 1. The van der Waals surface area contributed by atoms with Crippen LogP contribution in [0.15, 0.2) is 30.6 Å². The van der Waals surface area contributed by atoms with Crippen LogP contribution in [0.1, 0.15) is 47.7 Å². The molecular weight excluding hydrogens is 681 g/mol. The van der Waals surface area contributed by atoms with Gasteiger partial charge in [-0.2, -0.15) is 13.2 Å². The van der Waals surface area contributed by atoms with Crippen LogP contribution in [0.2, 0.25) is 5.02 Å². The molecule has 5 heterocycles. The fourth-order valence-corrected chi connectivity index (χ4v) is 6.86. The number of aromatic nitrogens is 3. The minimum absolute atomic E-state index is 0.0922. The molecule has 0 saturated carbocycles. The van der Waals surface area contributed by atoms with Gasteiger partial charge >= 0.3 is 6.18 Å². The summed E-state index contributed by atoms with van der Waals surface area (Å²) in [6.45, 7) is 4.05. The monoisotopic (exact) mass is 718 g/mol. The van der Waals surface area contributed by atoms with E-state index in [4.69, 9.17) is 31.8 Å². The molecule has 17 heteroatoms. The Kier molecular flexibility index (Phi) is 10.2. The second-order valence-electron chi connectivity index (χ2n) is 13.0. The predicted octanol–water partition coefficient (Wildman–Crippen LogP) is 3.25. The third-order valence-corrected chi connectivity index (χ3v) is 9.27. The number of piperidine rings is 1. The highest BCUT2D eigenvalue weighted by molar-refractivity contribution is 6.30. The Labute approximate surface area is 291 Å². The van der Waals surface area contributed by atoms with E-state index in [0.717, 1.165) is 0 Å². The van der Waals surface area contributed by atoms with Crippen LogP contribution in [0.5, 0.6) is 5.75 Å². The number of methoxy groups -OCH3 is 1. The topological polar surface area (TPSA) is 159 Å². The summed E-state index contributed by atoms with van der Waals surface area (Å²) in [4.78, 5) is 42.6. The number of carbonyl (C=O) groups excluding carboxylic acids is 2. The molecular formula is C33H38ClF3N8O5. The number of carbonyl (C=O) groups is 2. The number of hydrogen-bond acceptors (Lipinski definition) is 11. The third kappa shape index (κ3) is 7.21. The number of fused-ring (bicyclic) bond motifs is 2. The molecule has 2 aromatic heterocycles. The van der Waals surface area contributed by atoms with Crippen molar-refractivity contribution in [1.82, 2.24) is 25.3 Å². The number of likely N-dealkylation sites (tertiary alicyclic amines) is 1. The Bertz CT molecular complexity index is 1760. The Hall–Kier alpha value is -4.09. The molecule has 0 radical (unpaired) electrons. The van der Waals surface area contributed by atoms with E-state index in [1.54, 1.807) is 23.1 Å². The third-order valence-electron chi connectivity index (χ3n) is 9.07. The lowest BCUT2D eigenvalue weighted by Gasteiger charge is -2.42. The second-order valence-corrected chi connectivity index (χ2v) is 13.4. The van der Waals surface area contributed by atoms with Crippen LogP contribution in [0, 0.1) is 5.92 Å². The van der Waals surface area contributed by atoms with Crippen molar-refractivity contribution < 1.29 is 37.3 Å². The van der Waals surface area contributed by atoms with Crippen LogP contribution in [-0.2, 0) is 29.0 Å². The molecule has 1 aromatic carbocycles. The number of nitrogens with two attached hydrogens (primary N) is 1. The van der Waals surface area contributed by atoms with E-state index in [1.165, 1.54) is 24.4 Å². The molecule has 268 valence electrons. The number of halogens is 4. The summed E-state index contributed by atoms with van der Waals surface area (Å²) in [5.74, 6) is 0.558. The fraction of sp³-hybridized carbons (Fsp3) is 0.485. The minimum Gasteiger partial charge on any atom is -0.482 e. The van der Waals surface area contributed by atoms with E-state index in [9.17, 15) is 27.9 Å². The van der Waals surface area contributed by atoms with E-state index >= 15 is 0 Å². The van der Waals surface area contributed by atoms with Crippen LogP contribution in [0.25, 0.3) is 11.1 Å². The van der Waals surface area contributed by atoms with Crippen molar-refractivity contribution in [2.24, 2.45) is 11.7 Å². The van der Waals surface area contributed by atoms with Gasteiger partial charge < -0.3 is 20.3 Å². The number of anilines is 2. The highest BCUT2D eigenvalue weighted by atomic mass is 35.5. The Balaban J connectivity index is 1.38. The van der Waals surface area contributed by atoms with Gasteiger partial charge in [0.15, 0.2) is 12.7 Å². The minimum atomic E-state index is -4.72. The molecule has 50 heavy (non-hydrogen) atoms. The van der Waals surface area contributed by atoms with Crippen LogP contribution in [-0.4, -0.2) is 94.5 Å². The zero-order chi connectivity index (χ0) is 35.9. The lowest BCUT2D eigenvalue weighted by molar-refractivity contribution is -0.209. The molecule has 6 rings (SSSR count). The summed E-state index contributed by atoms with van der Waals surface area (Å²) in [6, 6.07) is 4.98. The van der Waals surface area contributed by atoms with Gasteiger partial charge in [-0.15, -0.1) is 0 Å². The number of benzene rings is 1. The summed E-state index contributed by atoms with van der Waals surface area (Å²) >= 11 is 5.94. The Morgan fingerprint density at radius 2 is 2.00 bits per heavy atom. The summed E-state index contributed by atoms with van der Waals surface area (Å²) in [5, 5.41) is 11.9. The molecule has 3 unspecified atom stereocenters. The number of hydrogen-bond donors (Lipinski definition) is 3. The largest absolute Gasteiger partial charge is 0.482 e.